The standard InChI is InChI=1S/C28H32F4N2O8/c1-39-14-18(15-40-2)34(26(37)17-7-5-4-6-8-17)22-12-21(29)23(11-19(22)27(38)41-3)42-25-20(28(30,31)32)9-16(13-33-25)10-24(35)36/h9,11-13,17-18H,4-8,10,14-15H2,1-3H3,(H,35,36). The van der Waals surface area contributed by atoms with E-state index in [0.29, 0.717) is 18.9 Å². The second kappa shape index (κ2) is 14.4. The summed E-state index contributed by atoms with van der Waals surface area (Å²) in [5, 5.41) is 8.93. The molecule has 0 bridgehead atoms. The lowest BCUT2D eigenvalue weighted by molar-refractivity contribution is -0.139. The van der Waals surface area contributed by atoms with Crippen molar-refractivity contribution in [2.75, 3.05) is 39.4 Å². The van der Waals surface area contributed by atoms with Gasteiger partial charge in [-0.15, -0.1) is 0 Å². The van der Waals surface area contributed by atoms with E-state index in [2.05, 4.69) is 4.98 Å². The van der Waals surface area contributed by atoms with Crippen LogP contribution in [0.15, 0.2) is 24.4 Å². The van der Waals surface area contributed by atoms with Gasteiger partial charge in [-0.1, -0.05) is 19.3 Å². The zero-order valence-electron chi connectivity index (χ0n) is 23.3. The molecule has 1 aromatic heterocycles. The number of hydrogen-bond donors (Lipinski definition) is 1. The highest BCUT2D eigenvalue weighted by Crippen LogP contribution is 2.40. The molecule has 1 aliphatic carbocycles. The van der Waals surface area contributed by atoms with E-state index < -0.39 is 59.5 Å². The molecule has 10 nitrogen and oxygen atoms in total. The number of halogens is 4. The number of hydrogen-bond acceptors (Lipinski definition) is 8. The van der Waals surface area contributed by atoms with Gasteiger partial charge in [0.1, 0.15) is 5.56 Å². The number of carbonyl (C=O) groups excluding carboxylic acids is 2. The van der Waals surface area contributed by atoms with Crippen molar-refractivity contribution in [1.29, 1.82) is 0 Å². The summed E-state index contributed by atoms with van der Waals surface area (Å²) in [6.45, 7) is -0.0668. The summed E-state index contributed by atoms with van der Waals surface area (Å²) in [4.78, 5) is 42.5. The third-order valence-electron chi connectivity index (χ3n) is 6.77. The second-order valence-electron chi connectivity index (χ2n) is 9.77. The van der Waals surface area contributed by atoms with Gasteiger partial charge >= 0.3 is 18.1 Å². The minimum atomic E-state index is -5.03. The largest absolute Gasteiger partial charge is 0.481 e. The first-order valence-corrected chi connectivity index (χ1v) is 13.1. The van der Waals surface area contributed by atoms with Gasteiger partial charge in [0.2, 0.25) is 11.8 Å². The van der Waals surface area contributed by atoms with E-state index in [0.717, 1.165) is 44.7 Å². The fraction of sp³-hybridized carbons (Fsp3) is 0.500. The molecular formula is C28H32F4N2O8. The topological polar surface area (TPSA) is 124 Å². The number of aliphatic carboxylic acids is 1. The van der Waals surface area contributed by atoms with Crippen LogP contribution in [0.1, 0.15) is 53.6 Å². The lowest BCUT2D eigenvalue weighted by Gasteiger charge is -2.36. The van der Waals surface area contributed by atoms with Crippen LogP contribution < -0.4 is 9.64 Å². The Bertz CT molecular complexity index is 1280. The van der Waals surface area contributed by atoms with Gasteiger partial charge < -0.3 is 29.0 Å². The van der Waals surface area contributed by atoms with Crippen LogP contribution in [0.25, 0.3) is 0 Å². The number of rotatable bonds is 12. The Labute approximate surface area is 239 Å². The summed E-state index contributed by atoms with van der Waals surface area (Å²) in [6.07, 6.45) is -1.15. The number of benzene rings is 1. The fourth-order valence-electron chi connectivity index (χ4n) is 4.87. The van der Waals surface area contributed by atoms with Crippen LogP contribution in [0.5, 0.6) is 11.6 Å². The quantitative estimate of drug-likeness (QED) is 0.264. The smallest absolute Gasteiger partial charge is 0.421 e. The van der Waals surface area contributed by atoms with Crippen molar-refractivity contribution in [3.05, 3.63) is 46.9 Å². The first-order valence-electron chi connectivity index (χ1n) is 13.1. The lowest BCUT2D eigenvalue weighted by atomic mass is 9.87. The number of carbonyl (C=O) groups is 3. The number of nitrogens with zero attached hydrogens (tertiary/aromatic N) is 2. The Hall–Kier alpha value is -3.78. The minimum absolute atomic E-state index is 0.0334. The summed E-state index contributed by atoms with van der Waals surface area (Å²) in [5.41, 5.74) is -2.25. The molecule has 0 radical (unpaired) electrons. The molecular weight excluding hydrogens is 568 g/mol. The monoisotopic (exact) mass is 600 g/mol. The molecule has 0 atom stereocenters. The maximum absolute atomic E-state index is 15.6. The highest BCUT2D eigenvalue weighted by atomic mass is 19.4. The number of alkyl halides is 3. The van der Waals surface area contributed by atoms with Gasteiger partial charge in [0.15, 0.2) is 11.6 Å². The average molecular weight is 601 g/mol. The van der Waals surface area contributed by atoms with Crippen LogP contribution in [-0.4, -0.2) is 68.5 Å². The normalized spacial score (nSPS) is 14.1. The number of carboxylic acid groups (broad SMARTS) is 1. The molecule has 42 heavy (non-hydrogen) atoms. The number of carboxylic acids is 1. The van der Waals surface area contributed by atoms with E-state index in [-0.39, 0.29) is 35.9 Å². The summed E-state index contributed by atoms with van der Waals surface area (Å²) in [5.74, 6) is -6.25. The molecule has 3 rings (SSSR count). The zero-order valence-corrected chi connectivity index (χ0v) is 23.3. The molecule has 0 unspecified atom stereocenters. The highest BCUT2D eigenvalue weighted by molar-refractivity contribution is 6.04. The molecule has 1 aromatic carbocycles. The second-order valence-corrected chi connectivity index (χ2v) is 9.77. The van der Waals surface area contributed by atoms with Crippen molar-refractivity contribution in [3.63, 3.8) is 0 Å². The maximum atomic E-state index is 15.6. The van der Waals surface area contributed by atoms with Gasteiger partial charge in [0.25, 0.3) is 0 Å². The Balaban J connectivity index is 2.15. The van der Waals surface area contributed by atoms with E-state index >= 15 is 4.39 Å². The van der Waals surface area contributed by atoms with E-state index in [9.17, 15) is 27.6 Å². The number of ether oxygens (including phenoxy) is 4. The highest BCUT2D eigenvalue weighted by Gasteiger charge is 2.38. The van der Waals surface area contributed by atoms with Crippen molar-refractivity contribution in [2.24, 2.45) is 5.92 Å². The number of amides is 1. The van der Waals surface area contributed by atoms with Gasteiger partial charge in [0, 0.05) is 38.5 Å². The van der Waals surface area contributed by atoms with Gasteiger partial charge in [-0.05, 0) is 24.5 Å². The van der Waals surface area contributed by atoms with Crippen molar-refractivity contribution in [1.82, 2.24) is 4.98 Å². The summed E-state index contributed by atoms with van der Waals surface area (Å²) < 4.78 is 77.6. The molecule has 2 aromatic rings. The van der Waals surface area contributed by atoms with Crippen LogP contribution in [0.3, 0.4) is 0 Å². The van der Waals surface area contributed by atoms with Crippen molar-refractivity contribution >= 4 is 23.5 Å². The van der Waals surface area contributed by atoms with Gasteiger partial charge in [-0.25, -0.2) is 14.2 Å². The molecule has 1 amide bonds. The predicted molar refractivity (Wildman–Crippen MR) is 140 cm³/mol. The Morgan fingerprint density at radius 3 is 2.24 bits per heavy atom. The van der Waals surface area contributed by atoms with E-state index in [1.807, 2.05) is 0 Å². The average Bonchev–Trinajstić information content (AvgIpc) is 2.94. The van der Waals surface area contributed by atoms with Crippen LogP contribution in [-0.2, 0) is 36.4 Å². The Morgan fingerprint density at radius 1 is 1.05 bits per heavy atom. The zero-order chi connectivity index (χ0) is 31.0. The number of esters is 1. The third-order valence-corrected chi connectivity index (χ3v) is 6.77. The first kappa shape index (κ1) is 32.7. The SMILES string of the molecule is COCC(COC)N(C(=O)C1CCCCC1)c1cc(F)c(Oc2ncc(CC(=O)O)cc2C(F)(F)F)cc1C(=O)OC. The number of methoxy groups -OCH3 is 3. The van der Waals surface area contributed by atoms with E-state index in [1.54, 1.807) is 0 Å². The maximum Gasteiger partial charge on any atom is 0.421 e. The van der Waals surface area contributed by atoms with Gasteiger partial charge in [0.05, 0.1) is 44.0 Å². The Morgan fingerprint density at radius 2 is 1.69 bits per heavy atom. The van der Waals surface area contributed by atoms with Crippen LogP contribution in [0, 0.1) is 11.7 Å². The summed E-state index contributed by atoms with van der Waals surface area (Å²) in [6, 6.07) is 1.40. The molecule has 0 aliphatic heterocycles. The molecule has 1 aliphatic rings. The van der Waals surface area contributed by atoms with Crippen molar-refractivity contribution in [2.45, 2.75) is 50.7 Å². The predicted octanol–water partition coefficient (Wildman–Crippen LogP) is 5.02. The molecule has 0 saturated heterocycles. The van der Waals surface area contributed by atoms with Crippen molar-refractivity contribution in [3.8, 4) is 11.6 Å². The van der Waals surface area contributed by atoms with Crippen LogP contribution in [0.4, 0.5) is 23.2 Å². The molecule has 1 fully saturated rings. The van der Waals surface area contributed by atoms with Crippen LogP contribution in [0.2, 0.25) is 0 Å². The molecule has 0 spiro atoms. The summed E-state index contributed by atoms with van der Waals surface area (Å²) >= 11 is 0. The number of pyridine rings is 1. The molecule has 1 N–H and O–H groups in total. The number of anilines is 1. The molecule has 1 saturated carbocycles. The van der Waals surface area contributed by atoms with E-state index in [1.165, 1.54) is 19.1 Å². The Kier molecular flexibility index (Phi) is 11.2. The fourth-order valence-corrected chi connectivity index (χ4v) is 4.87. The first-order chi connectivity index (χ1) is 19.9. The van der Waals surface area contributed by atoms with Crippen LogP contribution >= 0.6 is 0 Å². The van der Waals surface area contributed by atoms with Gasteiger partial charge in [-0.2, -0.15) is 13.2 Å². The van der Waals surface area contributed by atoms with Crippen molar-refractivity contribution < 1.29 is 56.0 Å². The van der Waals surface area contributed by atoms with E-state index in [4.69, 9.17) is 24.1 Å². The molecule has 14 heteroatoms. The lowest BCUT2D eigenvalue weighted by Crippen LogP contribution is -2.49. The number of aromatic nitrogens is 1. The summed E-state index contributed by atoms with van der Waals surface area (Å²) in [7, 11) is 3.85. The van der Waals surface area contributed by atoms with Gasteiger partial charge in [-0.3, -0.25) is 9.59 Å². The minimum Gasteiger partial charge on any atom is -0.481 e. The molecule has 1 heterocycles. The third kappa shape index (κ3) is 7.94. The molecule has 230 valence electrons.